The minimum absolute atomic E-state index is 0. The molecule has 0 aromatic carbocycles. The Bertz CT molecular complexity index is 411. The van der Waals surface area contributed by atoms with E-state index in [0.717, 1.165) is 44.1 Å². The van der Waals surface area contributed by atoms with Crippen molar-refractivity contribution in [2.45, 2.75) is 76.8 Å². The Balaban J connectivity index is 0.00000338. The van der Waals surface area contributed by atoms with Gasteiger partial charge in [0, 0.05) is 36.5 Å². The number of morpholine rings is 1. The van der Waals surface area contributed by atoms with Crippen molar-refractivity contribution in [3.8, 4) is 0 Å². The van der Waals surface area contributed by atoms with E-state index in [-0.39, 0.29) is 24.0 Å². The summed E-state index contributed by atoms with van der Waals surface area (Å²) in [5.74, 6) is 2.21. The van der Waals surface area contributed by atoms with Gasteiger partial charge in [-0.15, -0.1) is 24.0 Å². The lowest BCUT2D eigenvalue weighted by molar-refractivity contribution is -0.0165. The molecule has 0 spiro atoms. The second kappa shape index (κ2) is 13.4. The Kier molecular flexibility index (Phi) is 12.6. The zero-order valence-electron chi connectivity index (χ0n) is 17.0. The molecule has 0 bridgehead atoms. The van der Waals surface area contributed by atoms with Gasteiger partial charge < -0.3 is 15.4 Å². The van der Waals surface area contributed by atoms with E-state index < -0.39 is 0 Å². The number of hydrogen-bond acceptors (Lipinski definition) is 4. The number of ether oxygens (including phenoxy) is 1. The van der Waals surface area contributed by atoms with Gasteiger partial charge in [-0.3, -0.25) is 9.89 Å². The lowest BCUT2D eigenvalue weighted by Gasteiger charge is -2.37. The molecule has 7 heteroatoms. The normalized spacial score (nSPS) is 28.9. The van der Waals surface area contributed by atoms with E-state index in [4.69, 9.17) is 9.73 Å². The van der Waals surface area contributed by atoms with Gasteiger partial charge in [0.15, 0.2) is 5.96 Å². The van der Waals surface area contributed by atoms with Crippen LogP contribution < -0.4 is 10.6 Å². The molecule has 2 rings (SSSR count). The molecule has 2 fully saturated rings. The zero-order chi connectivity index (χ0) is 18.1. The van der Waals surface area contributed by atoms with Gasteiger partial charge in [-0.1, -0.05) is 13.3 Å². The van der Waals surface area contributed by atoms with Gasteiger partial charge >= 0.3 is 0 Å². The van der Waals surface area contributed by atoms with Gasteiger partial charge in [0.25, 0.3) is 0 Å². The van der Waals surface area contributed by atoms with Crippen molar-refractivity contribution in [1.29, 1.82) is 0 Å². The molecule has 1 aliphatic heterocycles. The Morgan fingerprint density at radius 1 is 1.35 bits per heavy atom. The molecule has 1 saturated carbocycles. The number of rotatable bonds is 7. The van der Waals surface area contributed by atoms with Crippen LogP contribution in [-0.2, 0) is 4.74 Å². The largest absolute Gasteiger partial charge is 0.379 e. The molecule has 0 amide bonds. The highest BCUT2D eigenvalue weighted by molar-refractivity contribution is 14.0. The van der Waals surface area contributed by atoms with Gasteiger partial charge in [0.1, 0.15) is 0 Å². The average Bonchev–Trinajstić information content (AvgIpc) is 2.61. The van der Waals surface area contributed by atoms with E-state index >= 15 is 0 Å². The highest BCUT2D eigenvalue weighted by Crippen LogP contribution is 2.28. The van der Waals surface area contributed by atoms with Crippen molar-refractivity contribution in [1.82, 2.24) is 15.5 Å². The SMILES string of the molecule is CCNC(=NCC(C)N1CCOCC1C)NC1CCCC(SCC)C1.I. The van der Waals surface area contributed by atoms with Crippen molar-refractivity contribution in [2.75, 3.05) is 38.6 Å². The van der Waals surface area contributed by atoms with Crippen LogP contribution >= 0.6 is 35.7 Å². The monoisotopic (exact) mass is 498 g/mol. The number of hydrogen-bond donors (Lipinski definition) is 2. The third-order valence-corrected chi connectivity index (χ3v) is 6.45. The molecule has 1 aliphatic carbocycles. The smallest absolute Gasteiger partial charge is 0.191 e. The van der Waals surface area contributed by atoms with Gasteiger partial charge in [-0.2, -0.15) is 11.8 Å². The minimum Gasteiger partial charge on any atom is -0.379 e. The molecule has 4 unspecified atom stereocenters. The highest BCUT2D eigenvalue weighted by Gasteiger charge is 2.24. The zero-order valence-corrected chi connectivity index (χ0v) is 20.1. The van der Waals surface area contributed by atoms with Crippen LogP contribution in [-0.4, -0.2) is 72.8 Å². The number of thioether (sulfide) groups is 1. The molecule has 154 valence electrons. The fourth-order valence-electron chi connectivity index (χ4n) is 3.90. The molecule has 26 heavy (non-hydrogen) atoms. The molecule has 0 radical (unpaired) electrons. The van der Waals surface area contributed by atoms with E-state index in [1.165, 1.54) is 31.4 Å². The molecular formula is C19H39IN4OS. The van der Waals surface area contributed by atoms with Crippen LogP contribution in [0.3, 0.4) is 0 Å². The van der Waals surface area contributed by atoms with E-state index in [0.29, 0.717) is 18.1 Å². The molecular weight excluding hydrogens is 459 g/mol. The fourth-order valence-corrected chi connectivity index (χ4v) is 5.07. The van der Waals surface area contributed by atoms with Gasteiger partial charge in [0.05, 0.1) is 19.8 Å². The summed E-state index contributed by atoms with van der Waals surface area (Å²) >= 11 is 2.11. The summed E-state index contributed by atoms with van der Waals surface area (Å²) in [6.45, 7) is 13.4. The summed E-state index contributed by atoms with van der Waals surface area (Å²) in [5, 5.41) is 7.94. The summed E-state index contributed by atoms with van der Waals surface area (Å²) in [7, 11) is 0. The van der Waals surface area contributed by atoms with Crippen molar-refractivity contribution in [3.05, 3.63) is 0 Å². The van der Waals surface area contributed by atoms with Crippen molar-refractivity contribution in [3.63, 3.8) is 0 Å². The van der Waals surface area contributed by atoms with Crippen LogP contribution in [0, 0.1) is 0 Å². The van der Waals surface area contributed by atoms with Crippen LogP contribution in [0.25, 0.3) is 0 Å². The fraction of sp³-hybridized carbons (Fsp3) is 0.947. The van der Waals surface area contributed by atoms with Gasteiger partial charge in [-0.05, 0) is 45.8 Å². The number of guanidine groups is 1. The predicted molar refractivity (Wildman–Crippen MR) is 125 cm³/mol. The Morgan fingerprint density at radius 3 is 2.85 bits per heavy atom. The molecule has 4 atom stereocenters. The standard InChI is InChI=1S/C19H38N4OS.HI/c1-5-20-19(22-17-8-7-9-18(12-17)25-6-2)21-13-15(3)23-10-11-24-14-16(23)4;/h15-18H,5-14H2,1-4H3,(H2,20,21,22);1H. The van der Waals surface area contributed by atoms with E-state index in [1.54, 1.807) is 0 Å². The Morgan fingerprint density at radius 2 is 2.15 bits per heavy atom. The van der Waals surface area contributed by atoms with E-state index in [1.807, 2.05) is 0 Å². The third kappa shape index (κ3) is 8.10. The Hall–Kier alpha value is 0.270. The van der Waals surface area contributed by atoms with Crippen LogP contribution in [0.2, 0.25) is 0 Å². The van der Waals surface area contributed by atoms with Crippen LogP contribution in [0.1, 0.15) is 53.4 Å². The highest BCUT2D eigenvalue weighted by atomic mass is 127. The van der Waals surface area contributed by atoms with Gasteiger partial charge in [0.2, 0.25) is 0 Å². The summed E-state index contributed by atoms with van der Waals surface area (Å²) in [5.41, 5.74) is 0. The maximum absolute atomic E-state index is 5.55. The van der Waals surface area contributed by atoms with Crippen LogP contribution in [0.4, 0.5) is 0 Å². The lowest BCUT2D eigenvalue weighted by atomic mass is 9.95. The molecule has 1 heterocycles. The quantitative estimate of drug-likeness (QED) is 0.321. The maximum atomic E-state index is 5.55. The molecule has 1 saturated heterocycles. The first-order valence-electron chi connectivity index (χ1n) is 10.1. The van der Waals surface area contributed by atoms with Crippen LogP contribution in [0.5, 0.6) is 0 Å². The van der Waals surface area contributed by atoms with Crippen molar-refractivity contribution >= 4 is 41.7 Å². The summed E-state index contributed by atoms with van der Waals surface area (Å²) in [4.78, 5) is 7.41. The van der Waals surface area contributed by atoms with Gasteiger partial charge in [-0.25, -0.2) is 0 Å². The first-order valence-corrected chi connectivity index (χ1v) is 11.2. The Labute approximate surface area is 181 Å². The number of nitrogens with zero attached hydrogens (tertiary/aromatic N) is 2. The van der Waals surface area contributed by atoms with E-state index in [9.17, 15) is 0 Å². The van der Waals surface area contributed by atoms with Crippen molar-refractivity contribution in [2.24, 2.45) is 4.99 Å². The number of halogens is 1. The van der Waals surface area contributed by atoms with E-state index in [2.05, 4.69) is 55.0 Å². The lowest BCUT2D eigenvalue weighted by Crippen LogP contribution is -2.50. The second-order valence-electron chi connectivity index (χ2n) is 7.32. The summed E-state index contributed by atoms with van der Waals surface area (Å²) in [6, 6.07) is 1.50. The number of nitrogens with one attached hydrogen (secondary N) is 2. The molecule has 0 aromatic rings. The third-order valence-electron chi connectivity index (χ3n) is 5.21. The molecule has 0 aromatic heterocycles. The molecule has 5 nitrogen and oxygen atoms in total. The second-order valence-corrected chi connectivity index (χ2v) is 8.89. The molecule has 2 N–H and O–H groups in total. The minimum atomic E-state index is 0. The van der Waals surface area contributed by atoms with Crippen molar-refractivity contribution < 1.29 is 4.74 Å². The van der Waals surface area contributed by atoms with Crippen LogP contribution in [0.15, 0.2) is 4.99 Å². The average molecular weight is 499 g/mol. The maximum Gasteiger partial charge on any atom is 0.191 e. The predicted octanol–water partition coefficient (Wildman–Crippen LogP) is 3.33. The first kappa shape index (κ1) is 24.3. The number of aliphatic imine (C=N–C) groups is 1. The first-order chi connectivity index (χ1) is 12.1. The summed E-state index contributed by atoms with van der Waals surface area (Å²) in [6.07, 6.45) is 5.23. The summed E-state index contributed by atoms with van der Waals surface area (Å²) < 4.78 is 5.55. The molecule has 2 aliphatic rings. The topological polar surface area (TPSA) is 48.9 Å².